The number of allylic oxidation sites excluding steroid dienone is 1. The van der Waals surface area contributed by atoms with Crippen LogP contribution in [0.2, 0.25) is 5.02 Å². The van der Waals surface area contributed by atoms with Crippen LogP contribution < -0.4 is 11.2 Å². The summed E-state index contributed by atoms with van der Waals surface area (Å²) in [5.74, 6) is 0.869. The van der Waals surface area contributed by atoms with Crippen molar-refractivity contribution in [2.75, 3.05) is 5.43 Å². The SMILES string of the molecule is N#CC1=C(N)Nn2c(nnc2-c2cccc(Cl)c2)S1. The molecular weight excluding hydrogens is 284 g/mol. The van der Waals surface area contributed by atoms with Gasteiger partial charge in [0.15, 0.2) is 5.82 Å². The normalized spacial score (nSPS) is 13.7. The van der Waals surface area contributed by atoms with E-state index in [1.807, 2.05) is 18.2 Å². The topological polar surface area (TPSA) is 92.6 Å². The van der Waals surface area contributed by atoms with Crippen LogP contribution in [0, 0.1) is 11.3 Å². The van der Waals surface area contributed by atoms with E-state index in [9.17, 15) is 0 Å². The van der Waals surface area contributed by atoms with E-state index in [0.29, 0.717) is 20.9 Å². The summed E-state index contributed by atoms with van der Waals surface area (Å²) in [5, 5.41) is 18.2. The molecule has 0 aliphatic carbocycles. The number of fused-ring (bicyclic) bond motifs is 1. The minimum Gasteiger partial charge on any atom is -0.383 e. The van der Waals surface area contributed by atoms with Gasteiger partial charge >= 0.3 is 0 Å². The second kappa shape index (κ2) is 4.50. The molecule has 0 unspecified atom stereocenters. The third-order valence-electron chi connectivity index (χ3n) is 2.49. The molecule has 1 aromatic carbocycles. The average Bonchev–Trinajstić information content (AvgIpc) is 2.80. The number of rotatable bonds is 1. The molecule has 0 fully saturated rings. The zero-order chi connectivity index (χ0) is 13.4. The van der Waals surface area contributed by atoms with Gasteiger partial charge in [-0.3, -0.25) is 5.43 Å². The van der Waals surface area contributed by atoms with Crippen LogP contribution in [-0.4, -0.2) is 14.9 Å². The lowest BCUT2D eigenvalue weighted by Crippen LogP contribution is -2.25. The van der Waals surface area contributed by atoms with E-state index in [4.69, 9.17) is 22.6 Å². The summed E-state index contributed by atoms with van der Waals surface area (Å²) in [6.45, 7) is 0. The monoisotopic (exact) mass is 290 g/mol. The van der Waals surface area contributed by atoms with Crippen LogP contribution in [0.25, 0.3) is 11.4 Å². The zero-order valence-corrected chi connectivity index (χ0v) is 11.0. The van der Waals surface area contributed by atoms with Gasteiger partial charge in [0.2, 0.25) is 5.16 Å². The highest BCUT2D eigenvalue weighted by Gasteiger charge is 2.22. The van der Waals surface area contributed by atoms with Crippen LogP contribution >= 0.6 is 23.4 Å². The Morgan fingerprint density at radius 1 is 1.42 bits per heavy atom. The third-order valence-corrected chi connectivity index (χ3v) is 3.69. The predicted octanol–water partition coefficient (Wildman–Crippen LogP) is 1.90. The Balaban J connectivity index is 2.07. The lowest BCUT2D eigenvalue weighted by molar-refractivity contribution is 0.792. The van der Waals surface area contributed by atoms with Gasteiger partial charge in [0.25, 0.3) is 0 Å². The maximum absolute atomic E-state index is 8.92. The van der Waals surface area contributed by atoms with E-state index in [0.717, 1.165) is 5.56 Å². The molecule has 1 aromatic heterocycles. The van der Waals surface area contributed by atoms with Crippen molar-refractivity contribution in [2.24, 2.45) is 5.73 Å². The van der Waals surface area contributed by atoms with Crippen molar-refractivity contribution in [2.45, 2.75) is 5.16 Å². The van der Waals surface area contributed by atoms with E-state index in [1.165, 1.54) is 11.8 Å². The molecule has 1 aliphatic rings. The van der Waals surface area contributed by atoms with E-state index in [2.05, 4.69) is 15.6 Å². The van der Waals surface area contributed by atoms with Crippen molar-refractivity contribution in [1.82, 2.24) is 14.9 Å². The van der Waals surface area contributed by atoms with E-state index in [1.54, 1.807) is 16.8 Å². The second-order valence-corrected chi connectivity index (χ2v) is 5.13. The van der Waals surface area contributed by atoms with E-state index < -0.39 is 0 Å². The van der Waals surface area contributed by atoms with Crippen molar-refractivity contribution < 1.29 is 0 Å². The van der Waals surface area contributed by atoms with Crippen LogP contribution in [0.5, 0.6) is 0 Å². The smallest absolute Gasteiger partial charge is 0.216 e. The van der Waals surface area contributed by atoms with Crippen molar-refractivity contribution in [3.63, 3.8) is 0 Å². The van der Waals surface area contributed by atoms with Gasteiger partial charge < -0.3 is 5.73 Å². The van der Waals surface area contributed by atoms with Gasteiger partial charge in [0.05, 0.1) is 0 Å². The van der Waals surface area contributed by atoms with Gasteiger partial charge in [-0.05, 0) is 23.9 Å². The molecule has 3 N–H and O–H groups in total. The summed E-state index contributed by atoms with van der Waals surface area (Å²) in [7, 11) is 0. The molecule has 0 radical (unpaired) electrons. The average molecular weight is 291 g/mol. The Morgan fingerprint density at radius 2 is 2.26 bits per heavy atom. The van der Waals surface area contributed by atoms with Crippen LogP contribution in [0.1, 0.15) is 0 Å². The Labute approximate surface area is 117 Å². The fraction of sp³-hybridized carbons (Fsp3) is 0. The quantitative estimate of drug-likeness (QED) is 0.833. The van der Waals surface area contributed by atoms with Gasteiger partial charge in [-0.1, -0.05) is 23.7 Å². The first-order chi connectivity index (χ1) is 9.19. The number of aromatic nitrogens is 3. The number of nitrogens with two attached hydrogens (primary N) is 1. The van der Waals surface area contributed by atoms with Gasteiger partial charge in [0, 0.05) is 10.6 Å². The summed E-state index contributed by atoms with van der Waals surface area (Å²) in [5.41, 5.74) is 9.47. The van der Waals surface area contributed by atoms with Gasteiger partial charge in [-0.2, -0.15) is 5.26 Å². The van der Waals surface area contributed by atoms with Gasteiger partial charge in [0.1, 0.15) is 16.8 Å². The number of benzene rings is 1. The van der Waals surface area contributed by atoms with E-state index in [-0.39, 0.29) is 5.82 Å². The van der Waals surface area contributed by atoms with Crippen LogP contribution in [-0.2, 0) is 0 Å². The van der Waals surface area contributed by atoms with E-state index >= 15 is 0 Å². The van der Waals surface area contributed by atoms with Gasteiger partial charge in [-0.15, -0.1) is 10.2 Å². The van der Waals surface area contributed by atoms with Crippen molar-refractivity contribution in [3.05, 3.63) is 40.0 Å². The summed E-state index contributed by atoms with van der Waals surface area (Å²) < 4.78 is 1.63. The maximum atomic E-state index is 8.92. The first-order valence-electron chi connectivity index (χ1n) is 5.25. The highest BCUT2D eigenvalue weighted by atomic mass is 35.5. The minimum atomic E-state index is 0.281. The molecular formula is C11H7ClN6S. The summed E-state index contributed by atoms with van der Waals surface area (Å²) >= 11 is 7.13. The predicted molar refractivity (Wildman–Crippen MR) is 72.5 cm³/mol. The molecule has 0 bridgehead atoms. The largest absolute Gasteiger partial charge is 0.383 e. The third kappa shape index (κ3) is 2.01. The highest BCUT2D eigenvalue weighted by Crippen LogP contribution is 2.32. The molecule has 0 amide bonds. The molecule has 0 atom stereocenters. The number of hydrogen-bond acceptors (Lipinski definition) is 6. The number of hydrogen-bond donors (Lipinski definition) is 2. The second-order valence-electron chi connectivity index (χ2n) is 3.72. The Kier molecular flexibility index (Phi) is 2.81. The molecule has 94 valence electrons. The van der Waals surface area contributed by atoms with Crippen molar-refractivity contribution >= 4 is 23.4 Å². The molecule has 3 rings (SSSR count). The fourth-order valence-corrected chi connectivity index (χ4v) is 2.53. The molecule has 19 heavy (non-hydrogen) atoms. The summed E-state index contributed by atoms with van der Waals surface area (Å²) in [6.07, 6.45) is 0. The molecule has 0 saturated heterocycles. The molecule has 8 heteroatoms. The van der Waals surface area contributed by atoms with Gasteiger partial charge in [-0.25, -0.2) is 4.68 Å². The van der Waals surface area contributed by atoms with Crippen molar-refractivity contribution in [1.29, 1.82) is 5.26 Å². The van der Waals surface area contributed by atoms with Crippen LogP contribution in [0.3, 0.4) is 0 Å². The fourth-order valence-electron chi connectivity index (χ4n) is 1.65. The lowest BCUT2D eigenvalue weighted by Gasteiger charge is -2.17. The Morgan fingerprint density at radius 3 is 3.00 bits per heavy atom. The number of halogens is 1. The molecule has 0 spiro atoms. The van der Waals surface area contributed by atoms with Crippen LogP contribution in [0.15, 0.2) is 40.1 Å². The standard InChI is InChI=1S/C11H7ClN6S/c12-7-3-1-2-6(4-7)10-15-16-11-18(10)17-9(14)8(5-13)19-11/h1-4,17H,14H2. The first kappa shape index (κ1) is 11.9. The molecule has 0 saturated carbocycles. The number of thioether (sulfide) groups is 1. The Hall–Kier alpha value is -2.17. The number of nitriles is 1. The number of nitrogens with zero attached hydrogens (tertiary/aromatic N) is 4. The Bertz CT molecular complexity index is 729. The zero-order valence-electron chi connectivity index (χ0n) is 9.46. The highest BCUT2D eigenvalue weighted by molar-refractivity contribution is 8.03. The first-order valence-corrected chi connectivity index (χ1v) is 6.44. The maximum Gasteiger partial charge on any atom is 0.216 e. The summed E-state index contributed by atoms with van der Waals surface area (Å²) in [6, 6.07) is 9.27. The molecule has 2 heterocycles. The summed E-state index contributed by atoms with van der Waals surface area (Å²) in [4.78, 5) is 0.373. The molecule has 2 aromatic rings. The number of nitrogens with one attached hydrogen (secondary N) is 1. The molecule has 1 aliphatic heterocycles. The van der Waals surface area contributed by atoms with Crippen LogP contribution in [0.4, 0.5) is 0 Å². The van der Waals surface area contributed by atoms with Crippen molar-refractivity contribution in [3.8, 4) is 17.5 Å². The minimum absolute atomic E-state index is 0.281. The lowest BCUT2D eigenvalue weighted by atomic mass is 10.2. The molecule has 6 nitrogen and oxygen atoms in total.